The second kappa shape index (κ2) is 4.06. The van der Waals surface area contributed by atoms with E-state index in [1.807, 2.05) is 6.92 Å². The molecule has 0 unspecified atom stereocenters. The largest absolute Gasteiger partial charge is 0.341 e. The first kappa shape index (κ1) is 12.4. The smallest absolute Gasteiger partial charge is 0.207 e. The predicted octanol–water partition coefficient (Wildman–Crippen LogP) is 3.45. The first-order valence-corrected chi connectivity index (χ1v) is 7.76. The summed E-state index contributed by atoms with van der Waals surface area (Å²) in [4.78, 5) is 11.6. The quantitative estimate of drug-likeness (QED) is 0.536. The highest BCUT2D eigenvalue weighted by atomic mass is 17.2. The third-order valence-electron chi connectivity index (χ3n) is 5.84. The molecule has 4 saturated carbocycles. The third kappa shape index (κ3) is 1.68. The van der Waals surface area contributed by atoms with Gasteiger partial charge in [-0.25, -0.2) is 4.89 Å². The molecule has 106 valence electrons. The van der Waals surface area contributed by atoms with Gasteiger partial charge in [0.15, 0.2) is 0 Å². The molecule has 4 bridgehead atoms. The lowest BCUT2D eigenvalue weighted by molar-refractivity contribution is -0.532. The summed E-state index contributed by atoms with van der Waals surface area (Å²) >= 11 is 0. The van der Waals surface area contributed by atoms with Crippen LogP contribution in [-0.2, 0) is 14.5 Å². The fourth-order valence-corrected chi connectivity index (χ4v) is 5.23. The van der Waals surface area contributed by atoms with E-state index in [9.17, 15) is 0 Å². The second-order valence-corrected chi connectivity index (χ2v) is 7.30. The first-order chi connectivity index (χ1) is 9.08. The Bertz CT molecular complexity index is 375. The number of rotatable bonds is 1. The van der Waals surface area contributed by atoms with E-state index in [2.05, 4.69) is 13.5 Å². The van der Waals surface area contributed by atoms with E-state index in [1.54, 1.807) is 0 Å². The van der Waals surface area contributed by atoms with Crippen LogP contribution in [0.3, 0.4) is 0 Å². The second-order valence-electron chi connectivity index (χ2n) is 7.30. The van der Waals surface area contributed by atoms with Gasteiger partial charge >= 0.3 is 0 Å². The maximum Gasteiger partial charge on any atom is 0.207 e. The minimum Gasteiger partial charge on any atom is -0.341 e. The van der Waals surface area contributed by atoms with Gasteiger partial charge in [-0.15, -0.1) is 0 Å². The van der Waals surface area contributed by atoms with E-state index in [1.165, 1.54) is 32.1 Å². The number of hydrogen-bond donors (Lipinski definition) is 0. The van der Waals surface area contributed by atoms with Gasteiger partial charge in [-0.1, -0.05) is 6.58 Å². The van der Waals surface area contributed by atoms with Crippen molar-refractivity contribution in [1.82, 2.24) is 0 Å². The normalized spacial score (nSPS) is 55.7. The first-order valence-electron chi connectivity index (χ1n) is 7.76. The molecule has 1 aliphatic heterocycles. The molecule has 1 heterocycles. The van der Waals surface area contributed by atoms with Gasteiger partial charge in [0.05, 0.1) is 6.10 Å². The van der Waals surface area contributed by atoms with Gasteiger partial charge in [-0.05, 0) is 63.4 Å². The summed E-state index contributed by atoms with van der Waals surface area (Å²) in [6.07, 6.45) is 6.42. The van der Waals surface area contributed by atoms with Gasteiger partial charge in [0.25, 0.3) is 0 Å². The molecule has 0 aromatic carbocycles. The molecule has 0 aromatic rings. The predicted molar refractivity (Wildman–Crippen MR) is 71.1 cm³/mol. The highest BCUT2D eigenvalue weighted by Crippen LogP contribution is 2.61. The molecule has 1 spiro atoms. The fraction of sp³-hybridized carbons (Fsp3) is 0.875. The lowest BCUT2D eigenvalue weighted by Crippen LogP contribution is -2.64. The lowest BCUT2D eigenvalue weighted by atomic mass is 9.53. The number of hydrogen-bond acceptors (Lipinski definition) is 3. The topological polar surface area (TPSA) is 27.7 Å². The van der Waals surface area contributed by atoms with Crippen LogP contribution >= 0.6 is 0 Å². The van der Waals surface area contributed by atoms with E-state index >= 15 is 0 Å². The summed E-state index contributed by atoms with van der Waals surface area (Å²) in [6.45, 7) is 8.04. The molecule has 19 heavy (non-hydrogen) atoms. The minimum absolute atomic E-state index is 0.0452. The van der Waals surface area contributed by atoms with Crippen LogP contribution in [0, 0.1) is 23.7 Å². The van der Waals surface area contributed by atoms with Crippen molar-refractivity contribution in [3.8, 4) is 0 Å². The standard InChI is InChI=1S/C16H24O3/c1-9(2)15-10(3)17-16(19-18-15)13-5-11-4-12(7-13)8-14(16)6-11/h10-15H,1,4-8H2,2-3H3/t10-,11?,12?,13?,14?,15-,16?/m0/s1. The Hall–Kier alpha value is -0.380. The molecular formula is C16H24O3. The van der Waals surface area contributed by atoms with Gasteiger partial charge in [0, 0.05) is 11.8 Å². The van der Waals surface area contributed by atoms with E-state index < -0.39 is 5.79 Å². The molecule has 0 aromatic heterocycles. The summed E-state index contributed by atoms with van der Waals surface area (Å²) in [6, 6.07) is 0. The molecule has 5 fully saturated rings. The van der Waals surface area contributed by atoms with Crippen molar-refractivity contribution in [2.24, 2.45) is 23.7 Å². The molecule has 0 N–H and O–H groups in total. The average Bonchev–Trinajstić information content (AvgIpc) is 2.34. The van der Waals surface area contributed by atoms with Crippen LogP contribution in [0.25, 0.3) is 0 Å². The maximum atomic E-state index is 6.42. The van der Waals surface area contributed by atoms with Gasteiger partial charge in [-0.2, -0.15) is 4.89 Å². The molecule has 0 amide bonds. The Morgan fingerprint density at radius 3 is 2.11 bits per heavy atom. The molecule has 1 saturated heterocycles. The zero-order chi connectivity index (χ0) is 13.2. The monoisotopic (exact) mass is 264 g/mol. The zero-order valence-corrected chi connectivity index (χ0v) is 11.9. The van der Waals surface area contributed by atoms with Gasteiger partial charge in [0.1, 0.15) is 6.10 Å². The van der Waals surface area contributed by atoms with Crippen LogP contribution in [0.1, 0.15) is 46.0 Å². The van der Waals surface area contributed by atoms with Crippen LogP contribution in [0.2, 0.25) is 0 Å². The van der Waals surface area contributed by atoms with Crippen molar-refractivity contribution in [3.05, 3.63) is 12.2 Å². The fourth-order valence-electron chi connectivity index (χ4n) is 5.23. The molecule has 5 rings (SSSR count). The number of ether oxygens (including phenoxy) is 1. The van der Waals surface area contributed by atoms with E-state index in [-0.39, 0.29) is 12.2 Å². The van der Waals surface area contributed by atoms with Crippen molar-refractivity contribution in [3.63, 3.8) is 0 Å². The lowest BCUT2D eigenvalue weighted by Gasteiger charge is -2.61. The molecule has 0 radical (unpaired) electrons. The van der Waals surface area contributed by atoms with Crippen LogP contribution < -0.4 is 0 Å². The highest BCUT2D eigenvalue weighted by Gasteiger charge is 2.62. The van der Waals surface area contributed by atoms with Gasteiger partial charge in [0.2, 0.25) is 5.79 Å². The maximum absolute atomic E-state index is 6.42. The van der Waals surface area contributed by atoms with Crippen molar-refractivity contribution in [2.75, 3.05) is 0 Å². The highest BCUT2D eigenvalue weighted by molar-refractivity contribution is 5.07. The van der Waals surface area contributed by atoms with Crippen molar-refractivity contribution in [1.29, 1.82) is 0 Å². The molecule has 3 heteroatoms. The molecule has 5 aliphatic rings. The Morgan fingerprint density at radius 1 is 1.05 bits per heavy atom. The molecule has 2 atom stereocenters. The molecular weight excluding hydrogens is 240 g/mol. The van der Waals surface area contributed by atoms with Crippen molar-refractivity contribution in [2.45, 2.75) is 63.9 Å². The van der Waals surface area contributed by atoms with Crippen molar-refractivity contribution >= 4 is 0 Å². The summed E-state index contributed by atoms with van der Waals surface area (Å²) in [5.41, 5.74) is 0.978. The minimum atomic E-state index is -0.446. The summed E-state index contributed by atoms with van der Waals surface area (Å²) in [7, 11) is 0. The summed E-state index contributed by atoms with van der Waals surface area (Å²) < 4.78 is 6.42. The Balaban J connectivity index is 1.60. The van der Waals surface area contributed by atoms with Crippen molar-refractivity contribution < 1.29 is 14.5 Å². The molecule has 4 aliphatic carbocycles. The van der Waals surface area contributed by atoms with E-state index in [0.29, 0.717) is 11.8 Å². The van der Waals surface area contributed by atoms with Gasteiger partial charge < -0.3 is 4.74 Å². The molecule has 3 nitrogen and oxygen atoms in total. The van der Waals surface area contributed by atoms with E-state index in [0.717, 1.165) is 17.4 Å². The van der Waals surface area contributed by atoms with Crippen LogP contribution in [0.5, 0.6) is 0 Å². The average molecular weight is 264 g/mol. The van der Waals surface area contributed by atoms with E-state index in [4.69, 9.17) is 14.5 Å². The third-order valence-corrected chi connectivity index (χ3v) is 5.84. The SMILES string of the molecule is C=C(C)[C@@H]1OOC2(O[C@H]1C)C1CC3CC(C1)CC2C3. The Labute approximate surface area is 115 Å². The zero-order valence-electron chi connectivity index (χ0n) is 11.9. The summed E-state index contributed by atoms with van der Waals surface area (Å²) in [5, 5.41) is 0. The van der Waals surface area contributed by atoms with Crippen LogP contribution in [0.4, 0.5) is 0 Å². The Morgan fingerprint density at radius 2 is 1.63 bits per heavy atom. The van der Waals surface area contributed by atoms with Gasteiger partial charge in [-0.3, -0.25) is 0 Å². The summed E-state index contributed by atoms with van der Waals surface area (Å²) in [5.74, 6) is 2.46. The van der Waals surface area contributed by atoms with Crippen LogP contribution in [-0.4, -0.2) is 18.0 Å². The Kier molecular flexibility index (Phi) is 2.64. The van der Waals surface area contributed by atoms with Crippen LogP contribution in [0.15, 0.2) is 12.2 Å².